The molecule has 1 aliphatic rings. The standard InChI is InChI=1S/C14H19Br2NO2S/c1-9-5-3-4-6-13(9)17-20(18,19)14-8-11(15)10(2)7-12(14)16/h7-9,13,17H,3-6H2,1-2H3. The van der Waals surface area contributed by atoms with E-state index >= 15 is 0 Å². The highest BCUT2D eigenvalue weighted by Gasteiger charge is 2.28. The van der Waals surface area contributed by atoms with Gasteiger partial charge in [-0.25, -0.2) is 13.1 Å². The molecule has 0 amide bonds. The predicted molar refractivity (Wildman–Crippen MR) is 88.3 cm³/mol. The van der Waals surface area contributed by atoms with Gasteiger partial charge >= 0.3 is 0 Å². The van der Waals surface area contributed by atoms with Crippen LogP contribution in [0.25, 0.3) is 0 Å². The first-order chi connectivity index (χ1) is 9.31. The summed E-state index contributed by atoms with van der Waals surface area (Å²) < 4.78 is 29.4. The quantitative estimate of drug-likeness (QED) is 0.782. The monoisotopic (exact) mass is 423 g/mol. The van der Waals surface area contributed by atoms with Crippen molar-refractivity contribution in [2.24, 2.45) is 5.92 Å². The van der Waals surface area contributed by atoms with Crippen molar-refractivity contribution < 1.29 is 8.42 Å². The Labute approximate surface area is 137 Å². The van der Waals surface area contributed by atoms with E-state index in [1.165, 1.54) is 6.42 Å². The Balaban J connectivity index is 2.28. The number of hydrogen-bond donors (Lipinski definition) is 1. The van der Waals surface area contributed by atoms with Gasteiger partial charge < -0.3 is 0 Å². The lowest BCUT2D eigenvalue weighted by molar-refractivity contribution is 0.310. The summed E-state index contributed by atoms with van der Waals surface area (Å²) in [6, 6.07) is 3.53. The van der Waals surface area contributed by atoms with Gasteiger partial charge in [-0.3, -0.25) is 0 Å². The van der Waals surface area contributed by atoms with Crippen LogP contribution in [0.15, 0.2) is 26.0 Å². The highest BCUT2D eigenvalue weighted by atomic mass is 79.9. The molecular formula is C14H19Br2NO2S. The Kier molecular flexibility index (Phi) is 5.32. The Morgan fingerprint density at radius 2 is 1.80 bits per heavy atom. The molecule has 2 unspecified atom stereocenters. The first-order valence-corrected chi connectivity index (χ1v) is 9.86. The van der Waals surface area contributed by atoms with E-state index in [-0.39, 0.29) is 6.04 Å². The summed E-state index contributed by atoms with van der Waals surface area (Å²) in [6.07, 6.45) is 4.30. The molecule has 20 heavy (non-hydrogen) atoms. The van der Waals surface area contributed by atoms with E-state index in [4.69, 9.17) is 0 Å². The maximum Gasteiger partial charge on any atom is 0.241 e. The molecule has 2 rings (SSSR count). The molecule has 0 saturated heterocycles. The highest BCUT2D eigenvalue weighted by Crippen LogP contribution is 2.30. The van der Waals surface area contributed by atoms with Gasteiger partial charge in [-0.15, -0.1) is 0 Å². The predicted octanol–water partition coefficient (Wildman–Crippen LogP) is 4.38. The molecule has 0 aromatic heterocycles. The summed E-state index contributed by atoms with van der Waals surface area (Å²) in [7, 11) is -3.49. The smallest absolute Gasteiger partial charge is 0.208 e. The average molecular weight is 425 g/mol. The fourth-order valence-corrected chi connectivity index (χ4v) is 5.64. The molecule has 1 N–H and O–H groups in total. The summed E-state index contributed by atoms with van der Waals surface area (Å²) in [5.41, 5.74) is 1.00. The number of rotatable bonds is 3. The SMILES string of the molecule is Cc1cc(Br)c(S(=O)(=O)NC2CCCCC2C)cc1Br. The minimum absolute atomic E-state index is 0.0423. The van der Waals surface area contributed by atoms with Gasteiger partial charge in [-0.05, 0) is 59.3 Å². The average Bonchev–Trinajstić information content (AvgIpc) is 2.36. The zero-order chi connectivity index (χ0) is 14.9. The molecule has 0 aliphatic heterocycles. The van der Waals surface area contributed by atoms with E-state index in [2.05, 4.69) is 43.5 Å². The number of aryl methyl sites for hydroxylation is 1. The van der Waals surface area contributed by atoms with E-state index in [9.17, 15) is 8.42 Å². The summed E-state index contributed by atoms with van der Waals surface area (Å²) in [4.78, 5) is 0.299. The molecule has 6 heteroatoms. The van der Waals surface area contributed by atoms with Crippen LogP contribution in [0, 0.1) is 12.8 Å². The van der Waals surface area contributed by atoms with Crippen LogP contribution in [0.5, 0.6) is 0 Å². The van der Waals surface area contributed by atoms with Crippen LogP contribution in [-0.4, -0.2) is 14.5 Å². The molecule has 112 valence electrons. The Morgan fingerprint density at radius 3 is 2.45 bits per heavy atom. The lowest BCUT2D eigenvalue weighted by atomic mass is 9.87. The van der Waals surface area contributed by atoms with Gasteiger partial charge in [-0.1, -0.05) is 35.7 Å². The Morgan fingerprint density at radius 1 is 1.15 bits per heavy atom. The van der Waals surface area contributed by atoms with Crippen molar-refractivity contribution in [1.29, 1.82) is 0 Å². The lowest BCUT2D eigenvalue weighted by Crippen LogP contribution is -2.41. The van der Waals surface area contributed by atoms with Crippen LogP contribution in [0.4, 0.5) is 0 Å². The van der Waals surface area contributed by atoms with E-state index in [0.29, 0.717) is 15.3 Å². The molecule has 0 radical (unpaired) electrons. The molecule has 0 heterocycles. The van der Waals surface area contributed by atoms with Crippen LogP contribution in [0.1, 0.15) is 38.2 Å². The van der Waals surface area contributed by atoms with Crippen molar-refractivity contribution >= 4 is 41.9 Å². The third kappa shape index (κ3) is 3.64. The van der Waals surface area contributed by atoms with Crippen LogP contribution in [0.3, 0.4) is 0 Å². The zero-order valence-electron chi connectivity index (χ0n) is 11.6. The fraction of sp³-hybridized carbons (Fsp3) is 0.571. The van der Waals surface area contributed by atoms with Gasteiger partial charge in [0.25, 0.3) is 0 Å². The number of hydrogen-bond acceptors (Lipinski definition) is 2. The number of sulfonamides is 1. The second-order valence-corrected chi connectivity index (χ2v) is 8.91. The van der Waals surface area contributed by atoms with Crippen molar-refractivity contribution in [1.82, 2.24) is 4.72 Å². The number of benzene rings is 1. The van der Waals surface area contributed by atoms with Crippen molar-refractivity contribution in [2.75, 3.05) is 0 Å². The molecule has 3 nitrogen and oxygen atoms in total. The summed E-state index contributed by atoms with van der Waals surface area (Å²) in [5.74, 6) is 0.395. The summed E-state index contributed by atoms with van der Waals surface area (Å²) in [5, 5.41) is 0. The maximum absolute atomic E-state index is 12.6. The second-order valence-electron chi connectivity index (χ2n) is 5.52. The van der Waals surface area contributed by atoms with Gasteiger partial charge in [0.2, 0.25) is 10.0 Å². The Hall–Kier alpha value is 0.0900. The molecule has 0 bridgehead atoms. The number of halogens is 2. The van der Waals surface area contributed by atoms with Gasteiger partial charge in [0.15, 0.2) is 0 Å². The molecule has 1 saturated carbocycles. The van der Waals surface area contributed by atoms with Crippen LogP contribution in [-0.2, 0) is 10.0 Å². The summed E-state index contributed by atoms with van der Waals surface area (Å²) in [6.45, 7) is 4.05. The minimum Gasteiger partial charge on any atom is -0.208 e. The van der Waals surface area contributed by atoms with E-state index < -0.39 is 10.0 Å². The first-order valence-electron chi connectivity index (χ1n) is 6.79. The molecular weight excluding hydrogens is 406 g/mol. The van der Waals surface area contributed by atoms with E-state index in [0.717, 1.165) is 29.3 Å². The lowest BCUT2D eigenvalue weighted by Gasteiger charge is -2.29. The van der Waals surface area contributed by atoms with Crippen LogP contribution >= 0.6 is 31.9 Å². The second kappa shape index (κ2) is 6.46. The summed E-state index contributed by atoms with van der Waals surface area (Å²) >= 11 is 6.75. The fourth-order valence-electron chi connectivity index (χ4n) is 2.59. The van der Waals surface area contributed by atoms with Gasteiger partial charge in [0, 0.05) is 15.0 Å². The van der Waals surface area contributed by atoms with Crippen molar-refractivity contribution in [3.05, 3.63) is 26.6 Å². The number of nitrogens with one attached hydrogen (secondary N) is 1. The van der Waals surface area contributed by atoms with Crippen LogP contribution < -0.4 is 4.72 Å². The van der Waals surface area contributed by atoms with Crippen LogP contribution in [0.2, 0.25) is 0 Å². The molecule has 1 aliphatic carbocycles. The van der Waals surface area contributed by atoms with E-state index in [1.807, 2.05) is 13.0 Å². The van der Waals surface area contributed by atoms with Gasteiger partial charge in [0.1, 0.15) is 0 Å². The van der Waals surface area contributed by atoms with Crippen molar-refractivity contribution in [2.45, 2.75) is 50.5 Å². The van der Waals surface area contributed by atoms with Crippen molar-refractivity contribution in [3.8, 4) is 0 Å². The maximum atomic E-state index is 12.6. The van der Waals surface area contributed by atoms with Crippen molar-refractivity contribution in [3.63, 3.8) is 0 Å². The third-order valence-corrected chi connectivity index (χ3v) is 7.22. The molecule has 1 aromatic rings. The molecule has 0 spiro atoms. The van der Waals surface area contributed by atoms with Gasteiger partial charge in [0.05, 0.1) is 4.90 Å². The van der Waals surface area contributed by atoms with E-state index in [1.54, 1.807) is 6.07 Å². The first kappa shape index (κ1) is 16.5. The largest absolute Gasteiger partial charge is 0.241 e. The molecule has 1 aromatic carbocycles. The third-order valence-electron chi connectivity index (χ3n) is 3.92. The topological polar surface area (TPSA) is 46.2 Å². The highest BCUT2D eigenvalue weighted by molar-refractivity contribution is 9.11. The minimum atomic E-state index is -3.49. The Bertz CT molecular complexity index is 601. The van der Waals surface area contributed by atoms with Gasteiger partial charge in [-0.2, -0.15) is 0 Å². The molecule has 2 atom stereocenters. The zero-order valence-corrected chi connectivity index (χ0v) is 15.6. The molecule has 1 fully saturated rings. The normalized spacial score (nSPS) is 23.8.